The summed E-state index contributed by atoms with van der Waals surface area (Å²) >= 11 is 1.55. The van der Waals surface area contributed by atoms with Crippen molar-refractivity contribution in [1.82, 2.24) is 15.1 Å². The van der Waals surface area contributed by atoms with Crippen LogP contribution in [0.3, 0.4) is 0 Å². The van der Waals surface area contributed by atoms with Crippen LogP contribution in [0.2, 0.25) is 0 Å². The van der Waals surface area contributed by atoms with Crippen molar-refractivity contribution in [3.63, 3.8) is 0 Å². The molecular weight excluding hydrogens is 390 g/mol. The van der Waals surface area contributed by atoms with Gasteiger partial charge in [-0.15, -0.1) is 17.9 Å². The molecule has 4 amide bonds. The molecule has 1 N–H and O–H groups in total. The van der Waals surface area contributed by atoms with E-state index in [1.54, 1.807) is 40.5 Å². The van der Waals surface area contributed by atoms with Crippen LogP contribution in [-0.4, -0.2) is 47.3 Å². The van der Waals surface area contributed by atoms with E-state index in [2.05, 4.69) is 11.9 Å². The minimum atomic E-state index is -1.18. The number of rotatable bonds is 6. The molecule has 1 aromatic carbocycles. The maximum Gasteiger partial charge on any atom is 0.325 e. The summed E-state index contributed by atoms with van der Waals surface area (Å²) in [4.78, 5) is 42.5. The van der Waals surface area contributed by atoms with Gasteiger partial charge in [0.15, 0.2) is 5.54 Å². The Kier molecular flexibility index (Phi) is 5.10. The Morgan fingerprint density at radius 1 is 1.31 bits per heavy atom. The number of carbonyl (C=O) groups is 3. The molecule has 0 radical (unpaired) electrons. The Morgan fingerprint density at radius 2 is 2.14 bits per heavy atom. The average molecular weight is 411 g/mol. The monoisotopic (exact) mass is 411 g/mol. The van der Waals surface area contributed by atoms with Gasteiger partial charge in [0.05, 0.1) is 13.2 Å². The molecule has 4 rings (SSSR count). The molecule has 150 valence electrons. The summed E-state index contributed by atoms with van der Waals surface area (Å²) in [5, 5.41) is 4.76. The van der Waals surface area contributed by atoms with E-state index >= 15 is 0 Å². The second-order valence-corrected chi connectivity index (χ2v) is 8.00. The number of amides is 4. The summed E-state index contributed by atoms with van der Waals surface area (Å²) in [7, 11) is 0. The highest BCUT2D eigenvalue weighted by molar-refractivity contribution is 7.09. The quantitative estimate of drug-likeness (QED) is 0.585. The lowest BCUT2D eigenvalue weighted by Gasteiger charge is -2.33. The Balaban J connectivity index is 1.55. The van der Waals surface area contributed by atoms with Gasteiger partial charge in [-0.2, -0.15) is 0 Å². The Hall–Kier alpha value is -3.13. The molecule has 2 aromatic rings. The van der Waals surface area contributed by atoms with Crippen molar-refractivity contribution in [3.05, 3.63) is 64.9 Å². The van der Waals surface area contributed by atoms with E-state index in [1.807, 2.05) is 23.6 Å². The Bertz CT molecular complexity index is 959. The van der Waals surface area contributed by atoms with Crippen LogP contribution in [-0.2, 0) is 21.7 Å². The molecule has 1 aromatic heterocycles. The second kappa shape index (κ2) is 7.71. The summed E-state index contributed by atoms with van der Waals surface area (Å²) in [6, 6.07) is 10.5. The molecule has 1 unspecified atom stereocenters. The van der Waals surface area contributed by atoms with Crippen molar-refractivity contribution in [2.75, 3.05) is 19.7 Å². The second-order valence-electron chi connectivity index (χ2n) is 6.96. The summed E-state index contributed by atoms with van der Waals surface area (Å²) in [5.74, 6) is -0.146. The fraction of sp³-hybridized carbons (Fsp3) is 0.286. The number of fused-ring (bicyclic) bond motifs is 2. The molecule has 2 aliphatic rings. The Morgan fingerprint density at radius 3 is 2.90 bits per heavy atom. The Labute approximate surface area is 172 Å². The third-order valence-corrected chi connectivity index (χ3v) is 6.04. The summed E-state index contributed by atoms with van der Waals surface area (Å²) in [6.45, 7) is 4.45. The number of urea groups is 1. The minimum absolute atomic E-state index is 0.306. The van der Waals surface area contributed by atoms with Gasteiger partial charge in [-0.1, -0.05) is 30.3 Å². The van der Waals surface area contributed by atoms with Crippen LogP contribution in [0.15, 0.2) is 54.4 Å². The number of hydrogen-bond acceptors (Lipinski definition) is 5. The molecule has 0 bridgehead atoms. The molecule has 3 heterocycles. The third-order valence-electron chi connectivity index (χ3n) is 5.18. The molecule has 8 heteroatoms. The van der Waals surface area contributed by atoms with Crippen molar-refractivity contribution in [2.24, 2.45) is 0 Å². The van der Waals surface area contributed by atoms with E-state index < -0.39 is 17.5 Å². The third kappa shape index (κ3) is 3.40. The van der Waals surface area contributed by atoms with E-state index in [1.165, 1.54) is 0 Å². The van der Waals surface area contributed by atoms with Crippen LogP contribution in [0.25, 0.3) is 0 Å². The standard InChI is InChI=1S/C21H21N3O4S/c1-2-10-23(13-15-6-5-12-29-15)18(25)14-24-19(26)21(22-20(24)27)9-11-28-17-8-4-3-7-16(17)21/h2-8,12H,1,9-11,13-14H2,(H,22,27). The highest BCUT2D eigenvalue weighted by Gasteiger charge is 2.55. The first-order valence-corrected chi connectivity index (χ1v) is 10.2. The highest BCUT2D eigenvalue weighted by atomic mass is 32.1. The topological polar surface area (TPSA) is 79.0 Å². The molecular formula is C21H21N3O4S. The molecule has 1 saturated heterocycles. The molecule has 2 aliphatic heterocycles. The van der Waals surface area contributed by atoms with E-state index in [4.69, 9.17) is 4.74 Å². The zero-order valence-electron chi connectivity index (χ0n) is 15.8. The molecule has 0 aliphatic carbocycles. The average Bonchev–Trinajstić information content (AvgIpc) is 3.31. The molecule has 1 spiro atoms. The van der Waals surface area contributed by atoms with Gasteiger partial charge < -0.3 is 15.0 Å². The van der Waals surface area contributed by atoms with E-state index in [9.17, 15) is 14.4 Å². The van der Waals surface area contributed by atoms with Crippen molar-refractivity contribution < 1.29 is 19.1 Å². The number of imide groups is 1. The predicted molar refractivity (Wildman–Crippen MR) is 108 cm³/mol. The van der Waals surface area contributed by atoms with Crippen LogP contribution in [0.4, 0.5) is 4.79 Å². The van der Waals surface area contributed by atoms with Gasteiger partial charge in [-0.25, -0.2) is 4.79 Å². The van der Waals surface area contributed by atoms with Gasteiger partial charge in [-0.3, -0.25) is 14.5 Å². The largest absolute Gasteiger partial charge is 0.493 e. The number of thiophene rings is 1. The lowest BCUT2D eigenvalue weighted by atomic mass is 9.84. The van der Waals surface area contributed by atoms with Gasteiger partial charge in [0.1, 0.15) is 12.3 Å². The van der Waals surface area contributed by atoms with Gasteiger partial charge in [0.25, 0.3) is 5.91 Å². The molecule has 0 saturated carbocycles. The van der Waals surface area contributed by atoms with Crippen molar-refractivity contribution in [2.45, 2.75) is 18.5 Å². The summed E-state index contributed by atoms with van der Waals surface area (Å²) in [5.41, 5.74) is -0.551. The van der Waals surface area contributed by atoms with Gasteiger partial charge in [-0.05, 0) is 17.5 Å². The zero-order chi connectivity index (χ0) is 20.4. The van der Waals surface area contributed by atoms with Crippen LogP contribution in [0, 0.1) is 0 Å². The molecule has 1 fully saturated rings. The summed E-state index contributed by atoms with van der Waals surface area (Å²) < 4.78 is 5.63. The number of nitrogens with zero attached hydrogens (tertiary/aromatic N) is 2. The smallest absolute Gasteiger partial charge is 0.325 e. The van der Waals surface area contributed by atoms with E-state index in [0.717, 1.165) is 9.78 Å². The van der Waals surface area contributed by atoms with E-state index in [-0.39, 0.29) is 12.5 Å². The lowest BCUT2D eigenvalue weighted by Crippen LogP contribution is -2.48. The zero-order valence-corrected chi connectivity index (χ0v) is 16.6. The number of carbonyl (C=O) groups excluding carboxylic acids is 3. The number of benzene rings is 1. The van der Waals surface area contributed by atoms with Crippen LogP contribution in [0.5, 0.6) is 5.75 Å². The maximum absolute atomic E-state index is 13.3. The van der Waals surface area contributed by atoms with E-state index in [0.29, 0.717) is 37.4 Å². The lowest BCUT2D eigenvalue weighted by molar-refractivity contribution is -0.139. The first-order valence-electron chi connectivity index (χ1n) is 9.32. The fourth-order valence-corrected chi connectivity index (χ4v) is 4.47. The normalized spacial score (nSPS) is 20.2. The van der Waals surface area contributed by atoms with Crippen LogP contribution in [0.1, 0.15) is 16.9 Å². The van der Waals surface area contributed by atoms with Crippen molar-refractivity contribution in [1.29, 1.82) is 0 Å². The highest BCUT2D eigenvalue weighted by Crippen LogP contribution is 2.40. The van der Waals surface area contributed by atoms with Gasteiger partial charge in [0.2, 0.25) is 5.91 Å². The van der Waals surface area contributed by atoms with Crippen LogP contribution < -0.4 is 10.1 Å². The fourth-order valence-electron chi connectivity index (χ4n) is 3.75. The maximum atomic E-state index is 13.3. The van der Waals surface area contributed by atoms with Crippen molar-refractivity contribution in [3.8, 4) is 5.75 Å². The predicted octanol–water partition coefficient (Wildman–Crippen LogP) is 2.49. The van der Waals surface area contributed by atoms with Crippen molar-refractivity contribution >= 4 is 29.2 Å². The SMILES string of the molecule is C=CCN(Cc1cccs1)C(=O)CN1C(=O)NC2(CCOc3ccccc32)C1=O. The van der Waals surface area contributed by atoms with Crippen LogP contribution >= 0.6 is 11.3 Å². The molecule has 1 atom stereocenters. The first-order chi connectivity index (χ1) is 14.0. The molecule has 7 nitrogen and oxygen atoms in total. The summed E-state index contributed by atoms with van der Waals surface area (Å²) in [6.07, 6.45) is 1.96. The number of para-hydroxylation sites is 1. The molecule has 29 heavy (non-hydrogen) atoms. The van der Waals surface area contributed by atoms with Gasteiger partial charge >= 0.3 is 6.03 Å². The van der Waals surface area contributed by atoms with Gasteiger partial charge in [0, 0.05) is 23.4 Å². The number of hydrogen-bond donors (Lipinski definition) is 1. The minimum Gasteiger partial charge on any atom is -0.493 e. The number of ether oxygens (including phenoxy) is 1. The first kappa shape index (κ1) is 19.2. The number of nitrogens with one attached hydrogen (secondary N) is 1.